The molecule has 7 heteroatoms. The smallest absolute Gasteiger partial charge is 0.220 e. The van der Waals surface area contributed by atoms with Crippen molar-refractivity contribution in [3.63, 3.8) is 0 Å². The molecule has 6 nitrogen and oxygen atoms in total. The number of hydrogen-bond donors (Lipinski definition) is 2. The molecular formula is C14H16FN3O3. The topological polar surface area (TPSA) is 90.5 Å². The molecule has 0 aliphatic carbocycles. The fraction of sp³-hybridized carbons (Fsp3) is 0.286. The zero-order chi connectivity index (χ0) is 15.4. The van der Waals surface area contributed by atoms with Crippen LogP contribution < -0.4 is 15.2 Å². The molecule has 112 valence electrons. The minimum Gasteiger partial charge on any atom is -0.481 e. The molecule has 0 radical (unpaired) electrons. The van der Waals surface area contributed by atoms with E-state index in [2.05, 4.69) is 9.97 Å². The highest BCUT2D eigenvalue weighted by Gasteiger charge is 2.22. The van der Waals surface area contributed by atoms with E-state index in [4.69, 9.17) is 15.2 Å². The number of nitrogens with zero attached hydrogens (tertiary/aromatic N) is 2. The molecule has 0 aliphatic rings. The summed E-state index contributed by atoms with van der Waals surface area (Å²) in [5.41, 5.74) is 6.10. The van der Waals surface area contributed by atoms with Gasteiger partial charge in [-0.3, -0.25) is 0 Å². The number of aliphatic hydroxyl groups excluding tert-OH is 1. The summed E-state index contributed by atoms with van der Waals surface area (Å²) in [6.07, 6.45) is 0. The summed E-state index contributed by atoms with van der Waals surface area (Å²) in [7, 11) is 2.91. The SMILES string of the molecule is COc1cc(OC)nc(C(CO)c2cccc(F)c2N)n1. The van der Waals surface area contributed by atoms with Gasteiger partial charge in [-0.05, 0) is 11.6 Å². The van der Waals surface area contributed by atoms with Crippen LogP contribution in [-0.4, -0.2) is 35.9 Å². The highest BCUT2D eigenvalue weighted by molar-refractivity contribution is 5.51. The van der Waals surface area contributed by atoms with Crippen molar-refractivity contribution in [2.24, 2.45) is 0 Å². The lowest BCUT2D eigenvalue weighted by Gasteiger charge is -2.17. The van der Waals surface area contributed by atoms with Gasteiger partial charge in [-0.1, -0.05) is 12.1 Å². The standard InChI is InChI=1S/C14H16FN3O3/c1-20-11-6-12(21-2)18-14(17-11)9(7-19)8-4-3-5-10(15)13(8)16/h3-6,9,19H,7,16H2,1-2H3. The number of halogens is 1. The predicted molar refractivity (Wildman–Crippen MR) is 74.9 cm³/mol. The molecular weight excluding hydrogens is 277 g/mol. The average molecular weight is 293 g/mol. The maximum absolute atomic E-state index is 13.6. The summed E-state index contributed by atoms with van der Waals surface area (Å²) in [5, 5.41) is 9.64. The molecule has 1 unspecified atom stereocenters. The third-order valence-corrected chi connectivity index (χ3v) is 3.07. The van der Waals surface area contributed by atoms with Gasteiger partial charge in [-0.2, -0.15) is 9.97 Å². The van der Waals surface area contributed by atoms with Gasteiger partial charge in [-0.15, -0.1) is 0 Å². The van der Waals surface area contributed by atoms with E-state index in [0.29, 0.717) is 5.56 Å². The van der Waals surface area contributed by atoms with Gasteiger partial charge >= 0.3 is 0 Å². The van der Waals surface area contributed by atoms with Crippen LogP contribution in [0.15, 0.2) is 24.3 Å². The van der Waals surface area contributed by atoms with Gasteiger partial charge in [-0.25, -0.2) is 4.39 Å². The Bertz CT molecular complexity index is 615. The highest BCUT2D eigenvalue weighted by Crippen LogP contribution is 2.30. The molecule has 0 aliphatic heterocycles. The maximum Gasteiger partial charge on any atom is 0.220 e. The Balaban J connectivity index is 2.53. The Morgan fingerprint density at radius 2 is 1.86 bits per heavy atom. The zero-order valence-electron chi connectivity index (χ0n) is 11.7. The summed E-state index contributed by atoms with van der Waals surface area (Å²) in [5.74, 6) is -0.424. The summed E-state index contributed by atoms with van der Waals surface area (Å²) < 4.78 is 23.7. The molecule has 1 aromatic carbocycles. The van der Waals surface area contributed by atoms with Gasteiger partial charge in [0.05, 0.1) is 38.5 Å². The first-order valence-electron chi connectivity index (χ1n) is 6.22. The fourth-order valence-electron chi connectivity index (χ4n) is 1.96. The Hall–Kier alpha value is -2.41. The number of benzene rings is 1. The number of hydrogen-bond acceptors (Lipinski definition) is 6. The number of aliphatic hydroxyl groups is 1. The molecule has 0 fully saturated rings. The quantitative estimate of drug-likeness (QED) is 0.808. The molecule has 1 atom stereocenters. The summed E-state index contributed by atoms with van der Waals surface area (Å²) in [6, 6.07) is 5.89. The van der Waals surface area contributed by atoms with E-state index in [9.17, 15) is 9.50 Å². The minimum absolute atomic E-state index is 0.0399. The van der Waals surface area contributed by atoms with Crippen LogP contribution in [0.1, 0.15) is 17.3 Å². The van der Waals surface area contributed by atoms with Crippen molar-refractivity contribution in [3.8, 4) is 11.8 Å². The molecule has 3 N–H and O–H groups in total. The van der Waals surface area contributed by atoms with Crippen molar-refractivity contribution < 1.29 is 19.0 Å². The normalized spacial score (nSPS) is 12.0. The van der Waals surface area contributed by atoms with E-state index >= 15 is 0 Å². The van der Waals surface area contributed by atoms with E-state index in [0.717, 1.165) is 0 Å². The van der Waals surface area contributed by atoms with Gasteiger partial charge in [0, 0.05) is 0 Å². The molecule has 2 rings (SSSR count). The van der Waals surface area contributed by atoms with Gasteiger partial charge in [0.1, 0.15) is 11.6 Å². The number of nitrogens with two attached hydrogens (primary N) is 1. The number of aromatic nitrogens is 2. The molecule has 0 saturated carbocycles. The van der Waals surface area contributed by atoms with Crippen molar-refractivity contribution in [2.75, 3.05) is 26.6 Å². The van der Waals surface area contributed by atoms with E-state index in [1.54, 1.807) is 6.07 Å². The van der Waals surface area contributed by atoms with Crippen LogP contribution >= 0.6 is 0 Å². The van der Waals surface area contributed by atoms with E-state index in [1.165, 1.54) is 32.4 Å². The minimum atomic E-state index is -0.676. The van der Waals surface area contributed by atoms with Gasteiger partial charge in [0.25, 0.3) is 0 Å². The number of nitrogen functional groups attached to an aromatic ring is 1. The third-order valence-electron chi connectivity index (χ3n) is 3.07. The number of methoxy groups -OCH3 is 2. The Morgan fingerprint density at radius 1 is 1.24 bits per heavy atom. The third kappa shape index (κ3) is 3.03. The molecule has 0 bridgehead atoms. The van der Waals surface area contributed by atoms with Crippen molar-refractivity contribution in [3.05, 3.63) is 41.5 Å². The van der Waals surface area contributed by atoms with Crippen LogP contribution in [0.3, 0.4) is 0 Å². The lowest BCUT2D eigenvalue weighted by Crippen LogP contribution is -2.14. The van der Waals surface area contributed by atoms with Crippen LogP contribution in [0.2, 0.25) is 0 Å². The lowest BCUT2D eigenvalue weighted by atomic mass is 9.97. The number of rotatable bonds is 5. The second kappa shape index (κ2) is 6.36. The van der Waals surface area contributed by atoms with Crippen molar-refractivity contribution in [1.29, 1.82) is 0 Å². The van der Waals surface area contributed by atoms with Crippen LogP contribution in [0, 0.1) is 5.82 Å². The monoisotopic (exact) mass is 293 g/mol. The average Bonchev–Trinajstić information content (AvgIpc) is 2.51. The first-order valence-corrected chi connectivity index (χ1v) is 6.22. The van der Waals surface area contributed by atoms with Crippen LogP contribution in [-0.2, 0) is 0 Å². The first kappa shape index (κ1) is 15.0. The molecule has 0 spiro atoms. The van der Waals surface area contributed by atoms with Crippen LogP contribution in [0.5, 0.6) is 11.8 Å². The highest BCUT2D eigenvalue weighted by atomic mass is 19.1. The second-order valence-electron chi connectivity index (χ2n) is 4.29. The van der Waals surface area contributed by atoms with E-state index in [1.807, 2.05) is 0 Å². The van der Waals surface area contributed by atoms with Gasteiger partial charge in [0.15, 0.2) is 0 Å². The number of para-hydroxylation sites is 1. The maximum atomic E-state index is 13.6. The summed E-state index contributed by atoms with van der Waals surface area (Å²) in [6.45, 7) is -0.329. The molecule has 1 aromatic heterocycles. The number of anilines is 1. The summed E-state index contributed by atoms with van der Waals surface area (Å²) in [4.78, 5) is 8.33. The van der Waals surface area contributed by atoms with Gasteiger partial charge < -0.3 is 20.3 Å². The number of ether oxygens (including phenoxy) is 2. The van der Waals surface area contributed by atoms with E-state index < -0.39 is 11.7 Å². The fourth-order valence-corrected chi connectivity index (χ4v) is 1.96. The Labute approximate surface area is 121 Å². The molecule has 2 aromatic rings. The molecule has 0 amide bonds. The molecule has 1 heterocycles. The predicted octanol–water partition coefficient (Wildman–Crippen LogP) is 1.34. The molecule has 21 heavy (non-hydrogen) atoms. The zero-order valence-corrected chi connectivity index (χ0v) is 11.7. The second-order valence-corrected chi connectivity index (χ2v) is 4.29. The van der Waals surface area contributed by atoms with Crippen LogP contribution in [0.4, 0.5) is 10.1 Å². The van der Waals surface area contributed by atoms with Gasteiger partial charge in [0.2, 0.25) is 11.8 Å². The first-order chi connectivity index (χ1) is 10.1. The van der Waals surface area contributed by atoms with E-state index in [-0.39, 0.29) is 29.9 Å². The lowest BCUT2D eigenvalue weighted by molar-refractivity contribution is 0.274. The van der Waals surface area contributed by atoms with Crippen LogP contribution in [0.25, 0.3) is 0 Å². The Morgan fingerprint density at radius 3 is 2.38 bits per heavy atom. The molecule has 0 saturated heterocycles. The summed E-state index contributed by atoms with van der Waals surface area (Å²) >= 11 is 0. The largest absolute Gasteiger partial charge is 0.481 e. The van der Waals surface area contributed by atoms with Crippen molar-refractivity contribution >= 4 is 5.69 Å². The Kier molecular flexibility index (Phi) is 4.54. The van der Waals surface area contributed by atoms with Crippen molar-refractivity contribution in [2.45, 2.75) is 5.92 Å². The van der Waals surface area contributed by atoms with Crippen molar-refractivity contribution in [1.82, 2.24) is 9.97 Å².